The fourth-order valence-corrected chi connectivity index (χ4v) is 2.71. The number of hydrogen-bond acceptors (Lipinski definition) is 5. The third kappa shape index (κ3) is 3.76. The molecule has 0 amide bonds. The lowest BCUT2D eigenvalue weighted by molar-refractivity contribution is 0.410. The maximum absolute atomic E-state index is 4.43. The van der Waals surface area contributed by atoms with Crippen LogP contribution in [0.4, 0.5) is 5.82 Å². The fraction of sp³-hybridized carbons (Fsp3) is 0.438. The van der Waals surface area contributed by atoms with Crippen LogP contribution in [0.15, 0.2) is 36.7 Å². The highest BCUT2D eigenvalue weighted by Gasteiger charge is 2.19. The second-order valence-corrected chi connectivity index (χ2v) is 5.43. The van der Waals surface area contributed by atoms with Gasteiger partial charge in [0, 0.05) is 38.1 Å². The van der Waals surface area contributed by atoms with Gasteiger partial charge in [-0.3, -0.25) is 0 Å². The van der Waals surface area contributed by atoms with Gasteiger partial charge in [-0.25, -0.2) is 15.0 Å². The summed E-state index contributed by atoms with van der Waals surface area (Å²) in [4.78, 5) is 15.3. The normalized spacial score (nSPS) is 16.1. The Bertz CT molecular complexity index is 564. The van der Waals surface area contributed by atoms with Crippen LogP contribution in [0.5, 0.6) is 0 Å². The molecule has 0 spiro atoms. The van der Waals surface area contributed by atoms with E-state index in [9.17, 15) is 0 Å². The van der Waals surface area contributed by atoms with Crippen molar-refractivity contribution in [2.24, 2.45) is 0 Å². The summed E-state index contributed by atoms with van der Waals surface area (Å²) < 4.78 is 0. The molecule has 0 aliphatic carbocycles. The minimum atomic E-state index is 0.556. The molecule has 110 valence electrons. The number of pyridine rings is 1. The van der Waals surface area contributed by atoms with Crippen molar-refractivity contribution in [3.05, 3.63) is 48.2 Å². The van der Waals surface area contributed by atoms with E-state index in [4.69, 9.17) is 0 Å². The van der Waals surface area contributed by atoms with E-state index in [1.165, 1.54) is 0 Å². The lowest BCUT2D eigenvalue weighted by Crippen LogP contribution is -2.42. The Morgan fingerprint density at radius 2 is 2.00 bits per heavy atom. The van der Waals surface area contributed by atoms with E-state index in [-0.39, 0.29) is 0 Å². The molecular weight excluding hydrogens is 262 g/mol. The van der Waals surface area contributed by atoms with Gasteiger partial charge >= 0.3 is 0 Å². The SMILES string of the molecule is Cc1nccc(CNC2CCN(c3ccccn3)CC2)n1. The molecule has 0 unspecified atom stereocenters. The number of nitrogens with one attached hydrogen (secondary N) is 1. The molecule has 1 aliphatic heterocycles. The van der Waals surface area contributed by atoms with Crippen molar-refractivity contribution in [1.82, 2.24) is 20.3 Å². The first-order valence-electron chi connectivity index (χ1n) is 7.49. The van der Waals surface area contributed by atoms with Gasteiger partial charge in [-0.15, -0.1) is 0 Å². The highest BCUT2D eigenvalue weighted by atomic mass is 15.2. The van der Waals surface area contributed by atoms with Gasteiger partial charge in [0.15, 0.2) is 0 Å². The molecule has 2 aromatic heterocycles. The molecule has 0 atom stereocenters. The Morgan fingerprint density at radius 1 is 1.14 bits per heavy atom. The lowest BCUT2D eigenvalue weighted by Gasteiger charge is -2.33. The molecule has 1 fully saturated rings. The van der Waals surface area contributed by atoms with Crippen LogP contribution in [-0.2, 0) is 6.54 Å². The average molecular weight is 283 g/mol. The van der Waals surface area contributed by atoms with E-state index in [1.807, 2.05) is 37.5 Å². The van der Waals surface area contributed by atoms with Crippen molar-refractivity contribution in [2.45, 2.75) is 32.4 Å². The highest BCUT2D eigenvalue weighted by molar-refractivity contribution is 5.38. The number of anilines is 1. The quantitative estimate of drug-likeness (QED) is 0.929. The first-order valence-corrected chi connectivity index (χ1v) is 7.49. The summed E-state index contributed by atoms with van der Waals surface area (Å²) in [7, 11) is 0. The van der Waals surface area contributed by atoms with Crippen LogP contribution in [0.2, 0.25) is 0 Å². The van der Waals surface area contributed by atoms with Crippen molar-refractivity contribution >= 4 is 5.82 Å². The number of piperidine rings is 1. The summed E-state index contributed by atoms with van der Waals surface area (Å²) in [6, 6.07) is 8.62. The average Bonchev–Trinajstić information content (AvgIpc) is 2.54. The first-order chi connectivity index (χ1) is 10.3. The van der Waals surface area contributed by atoms with Gasteiger partial charge < -0.3 is 10.2 Å². The molecule has 2 aromatic rings. The molecule has 0 bridgehead atoms. The lowest BCUT2D eigenvalue weighted by atomic mass is 10.0. The zero-order chi connectivity index (χ0) is 14.5. The zero-order valence-corrected chi connectivity index (χ0v) is 12.4. The van der Waals surface area contributed by atoms with Crippen LogP contribution < -0.4 is 10.2 Å². The topological polar surface area (TPSA) is 53.9 Å². The number of hydrogen-bond donors (Lipinski definition) is 1. The minimum Gasteiger partial charge on any atom is -0.357 e. The summed E-state index contributed by atoms with van der Waals surface area (Å²) in [5, 5.41) is 3.60. The van der Waals surface area contributed by atoms with Crippen molar-refractivity contribution in [1.29, 1.82) is 0 Å². The predicted molar refractivity (Wildman–Crippen MR) is 83.1 cm³/mol. The van der Waals surface area contributed by atoms with E-state index in [2.05, 4.69) is 31.2 Å². The second-order valence-electron chi connectivity index (χ2n) is 5.43. The van der Waals surface area contributed by atoms with Gasteiger partial charge in [-0.05, 0) is 38.0 Å². The molecule has 1 saturated heterocycles. The Kier molecular flexibility index (Phi) is 4.40. The van der Waals surface area contributed by atoms with E-state index < -0.39 is 0 Å². The Morgan fingerprint density at radius 3 is 2.71 bits per heavy atom. The van der Waals surface area contributed by atoms with Crippen LogP contribution >= 0.6 is 0 Å². The Hall–Kier alpha value is -2.01. The molecule has 5 nitrogen and oxygen atoms in total. The largest absolute Gasteiger partial charge is 0.357 e. The second kappa shape index (κ2) is 6.63. The van der Waals surface area contributed by atoms with Gasteiger partial charge in [-0.2, -0.15) is 0 Å². The van der Waals surface area contributed by atoms with Crippen LogP contribution in [0, 0.1) is 6.92 Å². The summed E-state index contributed by atoms with van der Waals surface area (Å²) in [5.74, 6) is 1.92. The Balaban J connectivity index is 1.48. The van der Waals surface area contributed by atoms with Crippen molar-refractivity contribution < 1.29 is 0 Å². The van der Waals surface area contributed by atoms with Crippen LogP contribution in [0.3, 0.4) is 0 Å². The predicted octanol–water partition coefficient (Wildman–Crippen LogP) is 1.94. The summed E-state index contributed by atoms with van der Waals surface area (Å²) in [6.07, 6.45) is 5.96. The van der Waals surface area contributed by atoms with Gasteiger partial charge in [0.1, 0.15) is 11.6 Å². The monoisotopic (exact) mass is 283 g/mol. The maximum Gasteiger partial charge on any atom is 0.128 e. The number of aryl methyl sites for hydroxylation is 1. The number of nitrogens with zero attached hydrogens (tertiary/aromatic N) is 4. The third-order valence-corrected chi connectivity index (χ3v) is 3.87. The third-order valence-electron chi connectivity index (χ3n) is 3.87. The van der Waals surface area contributed by atoms with Crippen molar-refractivity contribution in [3.63, 3.8) is 0 Å². The number of rotatable bonds is 4. The van der Waals surface area contributed by atoms with E-state index in [1.54, 1.807) is 0 Å². The van der Waals surface area contributed by atoms with E-state index >= 15 is 0 Å². The Labute approximate surface area is 125 Å². The standard InChI is InChI=1S/C16H21N5/c1-13-17-9-5-15(20-13)12-19-14-6-10-21(11-7-14)16-4-2-3-8-18-16/h2-5,8-9,14,19H,6-7,10-12H2,1H3. The summed E-state index contributed by atoms with van der Waals surface area (Å²) >= 11 is 0. The molecule has 3 heterocycles. The van der Waals surface area contributed by atoms with Gasteiger partial charge in [0.05, 0.1) is 5.69 Å². The van der Waals surface area contributed by atoms with E-state index in [0.717, 1.165) is 49.8 Å². The zero-order valence-electron chi connectivity index (χ0n) is 12.4. The van der Waals surface area contributed by atoms with Crippen molar-refractivity contribution in [3.8, 4) is 0 Å². The van der Waals surface area contributed by atoms with Crippen LogP contribution in [0.25, 0.3) is 0 Å². The molecule has 0 radical (unpaired) electrons. The summed E-state index contributed by atoms with van der Waals surface area (Å²) in [6.45, 7) is 4.85. The molecule has 1 aliphatic rings. The number of aromatic nitrogens is 3. The first kappa shape index (κ1) is 13.9. The van der Waals surface area contributed by atoms with Gasteiger partial charge in [0.25, 0.3) is 0 Å². The van der Waals surface area contributed by atoms with Crippen molar-refractivity contribution in [2.75, 3.05) is 18.0 Å². The van der Waals surface area contributed by atoms with E-state index in [0.29, 0.717) is 6.04 Å². The molecular formula is C16H21N5. The molecule has 21 heavy (non-hydrogen) atoms. The smallest absolute Gasteiger partial charge is 0.128 e. The van der Waals surface area contributed by atoms with Gasteiger partial charge in [0.2, 0.25) is 0 Å². The minimum absolute atomic E-state index is 0.556. The highest BCUT2D eigenvalue weighted by Crippen LogP contribution is 2.17. The molecule has 1 N–H and O–H groups in total. The fourth-order valence-electron chi connectivity index (χ4n) is 2.71. The van der Waals surface area contributed by atoms with Gasteiger partial charge in [-0.1, -0.05) is 6.07 Å². The molecule has 3 rings (SSSR count). The molecule has 0 aromatic carbocycles. The van der Waals surface area contributed by atoms with Crippen LogP contribution in [0.1, 0.15) is 24.4 Å². The summed E-state index contributed by atoms with van der Waals surface area (Å²) in [5.41, 5.74) is 1.06. The maximum atomic E-state index is 4.43. The molecule has 5 heteroatoms. The van der Waals surface area contributed by atoms with Crippen LogP contribution in [-0.4, -0.2) is 34.1 Å². The molecule has 0 saturated carbocycles.